The van der Waals surface area contributed by atoms with Gasteiger partial charge < -0.3 is 5.73 Å². The van der Waals surface area contributed by atoms with Crippen LogP contribution in [0.4, 0.5) is 10.1 Å². The number of nitro groups is 1. The zero-order valence-electron chi connectivity index (χ0n) is 10.6. The highest BCUT2D eigenvalue weighted by Crippen LogP contribution is 2.26. The number of nitro benzene ring substituents is 1. The van der Waals surface area contributed by atoms with Gasteiger partial charge in [0.05, 0.1) is 4.92 Å². The summed E-state index contributed by atoms with van der Waals surface area (Å²) in [5, 5.41) is 10.7. The summed E-state index contributed by atoms with van der Waals surface area (Å²) >= 11 is 0. The molecular formula is C10H15ClFN3O4S. The van der Waals surface area contributed by atoms with Gasteiger partial charge in [0.2, 0.25) is 15.8 Å². The molecule has 0 aliphatic heterocycles. The Hall–Kier alpha value is -1.29. The van der Waals surface area contributed by atoms with Crippen LogP contribution in [0.3, 0.4) is 0 Å². The average Bonchev–Trinajstić information content (AvgIpc) is 2.27. The van der Waals surface area contributed by atoms with Gasteiger partial charge in [-0.3, -0.25) is 10.1 Å². The van der Waals surface area contributed by atoms with E-state index in [0.29, 0.717) is 6.42 Å². The molecule has 0 amide bonds. The van der Waals surface area contributed by atoms with Crippen LogP contribution in [0.15, 0.2) is 23.1 Å². The fourth-order valence-corrected chi connectivity index (χ4v) is 2.61. The molecule has 0 spiro atoms. The first-order chi connectivity index (χ1) is 8.75. The Morgan fingerprint density at radius 1 is 1.50 bits per heavy atom. The topological polar surface area (TPSA) is 115 Å². The second kappa shape index (κ2) is 7.48. The monoisotopic (exact) mass is 327 g/mol. The predicted molar refractivity (Wildman–Crippen MR) is 73.8 cm³/mol. The number of para-hydroxylation sites is 1. The van der Waals surface area contributed by atoms with Crippen molar-refractivity contribution in [3.05, 3.63) is 34.1 Å². The van der Waals surface area contributed by atoms with Crippen molar-refractivity contribution in [3.8, 4) is 0 Å². The third kappa shape index (κ3) is 4.67. The molecule has 0 saturated carbocycles. The molecule has 114 valence electrons. The summed E-state index contributed by atoms with van der Waals surface area (Å²) in [7, 11) is -4.14. The number of sulfonamides is 1. The van der Waals surface area contributed by atoms with Gasteiger partial charge in [0.1, 0.15) is 0 Å². The normalized spacial score (nSPS) is 12.6. The highest BCUT2D eigenvalue weighted by atomic mass is 35.5. The Morgan fingerprint density at radius 3 is 2.60 bits per heavy atom. The van der Waals surface area contributed by atoms with Crippen LogP contribution in [0.25, 0.3) is 0 Å². The molecule has 1 atom stereocenters. The van der Waals surface area contributed by atoms with Crippen LogP contribution in [-0.2, 0) is 10.0 Å². The Balaban J connectivity index is 0.00000361. The number of benzene rings is 1. The van der Waals surface area contributed by atoms with E-state index in [0.717, 1.165) is 18.2 Å². The van der Waals surface area contributed by atoms with Crippen LogP contribution in [0.1, 0.15) is 13.3 Å². The van der Waals surface area contributed by atoms with Crippen molar-refractivity contribution in [2.45, 2.75) is 24.3 Å². The summed E-state index contributed by atoms with van der Waals surface area (Å²) in [4.78, 5) is 8.97. The van der Waals surface area contributed by atoms with Crippen LogP contribution in [-0.4, -0.2) is 25.9 Å². The summed E-state index contributed by atoms with van der Waals surface area (Å²) in [6.45, 7) is 1.71. The highest BCUT2D eigenvalue weighted by Gasteiger charge is 2.28. The second-order valence-corrected chi connectivity index (χ2v) is 5.74. The molecule has 1 aromatic carbocycles. The molecule has 0 bridgehead atoms. The van der Waals surface area contributed by atoms with E-state index in [-0.39, 0.29) is 25.0 Å². The van der Waals surface area contributed by atoms with Gasteiger partial charge in [0.25, 0.3) is 0 Å². The molecule has 7 nitrogen and oxygen atoms in total. The molecule has 0 fully saturated rings. The van der Waals surface area contributed by atoms with E-state index < -0.39 is 31.3 Å². The average molecular weight is 328 g/mol. The number of nitrogens with zero attached hydrogens (tertiary/aromatic N) is 1. The number of nitrogens with two attached hydrogens (primary N) is 1. The van der Waals surface area contributed by atoms with Crippen molar-refractivity contribution in [3.63, 3.8) is 0 Å². The van der Waals surface area contributed by atoms with Gasteiger partial charge in [-0.15, -0.1) is 12.4 Å². The van der Waals surface area contributed by atoms with E-state index in [1.54, 1.807) is 6.92 Å². The summed E-state index contributed by atoms with van der Waals surface area (Å²) in [5.41, 5.74) is 4.40. The van der Waals surface area contributed by atoms with Crippen molar-refractivity contribution in [1.29, 1.82) is 0 Å². The summed E-state index contributed by atoms with van der Waals surface area (Å²) in [6.07, 6.45) is 0.363. The minimum atomic E-state index is -4.14. The van der Waals surface area contributed by atoms with Crippen LogP contribution < -0.4 is 10.5 Å². The number of rotatable bonds is 6. The molecule has 0 saturated heterocycles. The quantitative estimate of drug-likeness (QED) is 0.601. The van der Waals surface area contributed by atoms with Crippen molar-refractivity contribution in [2.24, 2.45) is 5.73 Å². The van der Waals surface area contributed by atoms with Crippen LogP contribution in [0.5, 0.6) is 0 Å². The summed E-state index contributed by atoms with van der Waals surface area (Å²) in [5.74, 6) is -1.19. The smallest absolute Gasteiger partial charge is 0.324 e. The van der Waals surface area contributed by atoms with Gasteiger partial charge in [-0.2, -0.15) is 4.39 Å². The molecule has 1 rings (SSSR count). The highest BCUT2D eigenvalue weighted by molar-refractivity contribution is 7.89. The van der Waals surface area contributed by atoms with Crippen molar-refractivity contribution in [2.75, 3.05) is 6.54 Å². The Bertz CT molecular complexity index is 580. The van der Waals surface area contributed by atoms with E-state index in [9.17, 15) is 22.9 Å². The van der Waals surface area contributed by atoms with Gasteiger partial charge in [-0.25, -0.2) is 13.1 Å². The van der Waals surface area contributed by atoms with E-state index in [2.05, 4.69) is 4.72 Å². The van der Waals surface area contributed by atoms with E-state index in [1.807, 2.05) is 0 Å². The first-order valence-corrected chi connectivity index (χ1v) is 6.92. The third-order valence-corrected chi connectivity index (χ3v) is 3.81. The lowest BCUT2D eigenvalue weighted by Gasteiger charge is -2.08. The minimum Gasteiger partial charge on any atom is -0.328 e. The lowest BCUT2D eigenvalue weighted by Crippen LogP contribution is -2.29. The molecule has 1 aromatic rings. The third-order valence-electron chi connectivity index (χ3n) is 2.31. The van der Waals surface area contributed by atoms with Crippen LogP contribution >= 0.6 is 12.4 Å². The zero-order valence-corrected chi connectivity index (χ0v) is 12.2. The number of hydrogen-bond donors (Lipinski definition) is 2. The Morgan fingerprint density at radius 2 is 2.10 bits per heavy atom. The van der Waals surface area contributed by atoms with E-state index >= 15 is 0 Å². The lowest BCUT2D eigenvalue weighted by molar-refractivity contribution is -0.390. The number of halogens is 2. The summed E-state index contributed by atoms with van der Waals surface area (Å²) in [6, 6.07) is 2.70. The van der Waals surface area contributed by atoms with Gasteiger partial charge in [-0.1, -0.05) is 6.07 Å². The fourth-order valence-electron chi connectivity index (χ4n) is 1.39. The van der Waals surface area contributed by atoms with Gasteiger partial charge >= 0.3 is 5.69 Å². The molecule has 0 heterocycles. The van der Waals surface area contributed by atoms with Gasteiger partial charge in [-0.05, 0) is 25.5 Å². The van der Waals surface area contributed by atoms with Crippen molar-refractivity contribution >= 4 is 28.1 Å². The maximum absolute atomic E-state index is 13.3. The molecule has 10 heteroatoms. The molecule has 0 aliphatic rings. The number of nitrogens with one attached hydrogen (secondary N) is 1. The van der Waals surface area contributed by atoms with Gasteiger partial charge in [0.15, 0.2) is 4.90 Å². The molecular weight excluding hydrogens is 313 g/mol. The molecule has 3 N–H and O–H groups in total. The largest absolute Gasteiger partial charge is 0.328 e. The van der Waals surface area contributed by atoms with E-state index in [1.165, 1.54) is 0 Å². The first kappa shape index (κ1) is 18.7. The number of hydrogen-bond acceptors (Lipinski definition) is 5. The standard InChI is InChI=1S/C10H14FN3O4S.ClH/c1-7(12)5-6-13-19(17,18)9-4-2-3-8(11)10(9)14(15)16;/h2-4,7,13H,5-6,12H2,1H3;1H. The molecule has 0 aliphatic carbocycles. The molecule has 1 unspecified atom stereocenters. The Labute approximate surface area is 122 Å². The fraction of sp³-hybridized carbons (Fsp3) is 0.400. The lowest BCUT2D eigenvalue weighted by atomic mass is 10.3. The van der Waals surface area contributed by atoms with Crippen molar-refractivity contribution in [1.82, 2.24) is 4.72 Å². The van der Waals surface area contributed by atoms with Crippen molar-refractivity contribution < 1.29 is 17.7 Å². The zero-order chi connectivity index (χ0) is 14.6. The van der Waals surface area contributed by atoms with Gasteiger partial charge in [0, 0.05) is 12.6 Å². The van der Waals surface area contributed by atoms with Crippen LogP contribution in [0.2, 0.25) is 0 Å². The van der Waals surface area contributed by atoms with Crippen LogP contribution in [0, 0.1) is 15.9 Å². The molecule has 0 aromatic heterocycles. The molecule has 20 heavy (non-hydrogen) atoms. The minimum absolute atomic E-state index is 0. The predicted octanol–water partition coefficient (Wildman–Crippen LogP) is 1.17. The Kier molecular flexibility index (Phi) is 7.00. The maximum Gasteiger partial charge on any atom is 0.324 e. The van der Waals surface area contributed by atoms with E-state index in [4.69, 9.17) is 5.73 Å². The SMILES string of the molecule is CC(N)CCNS(=O)(=O)c1cccc(F)c1[N+](=O)[O-].Cl. The maximum atomic E-state index is 13.3. The summed E-state index contributed by atoms with van der Waals surface area (Å²) < 4.78 is 39.2. The molecule has 0 radical (unpaired) electrons. The second-order valence-electron chi connectivity index (χ2n) is 4.01. The first-order valence-electron chi connectivity index (χ1n) is 5.44.